The minimum Gasteiger partial charge on any atom is -0.354 e. The standard InChI is InChI=1S/C14H20N2O3/c1-11-6-4-5-7-12(11)8-9-15-14(17)16-10-13(18-2)19-3/h4-9,13H,10H2,1-3H3,(H2,15,16,17)/b9-8+. The van der Waals surface area contributed by atoms with Gasteiger partial charge in [0.05, 0.1) is 6.54 Å². The number of carbonyl (C=O) groups is 1. The Morgan fingerprint density at radius 1 is 1.32 bits per heavy atom. The molecule has 0 bridgehead atoms. The number of rotatable bonds is 6. The van der Waals surface area contributed by atoms with E-state index in [1.54, 1.807) is 6.20 Å². The lowest BCUT2D eigenvalue weighted by Gasteiger charge is -2.13. The van der Waals surface area contributed by atoms with E-state index in [-0.39, 0.29) is 12.6 Å². The van der Waals surface area contributed by atoms with Crippen molar-refractivity contribution in [2.24, 2.45) is 0 Å². The lowest BCUT2D eigenvalue weighted by Crippen LogP contribution is -2.38. The van der Waals surface area contributed by atoms with Crippen molar-refractivity contribution in [1.29, 1.82) is 0 Å². The summed E-state index contributed by atoms with van der Waals surface area (Å²) in [5, 5.41) is 5.25. The van der Waals surface area contributed by atoms with Crippen LogP contribution in [0.5, 0.6) is 0 Å². The van der Waals surface area contributed by atoms with Gasteiger partial charge in [-0.25, -0.2) is 4.79 Å². The molecule has 104 valence electrons. The Kier molecular flexibility index (Phi) is 6.63. The Hall–Kier alpha value is -1.85. The summed E-state index contributed by atoms with van der Waals surface area (Å²) in [6.45, 7) is 2.30. The van der Waals surface area contributed by atoms with Crippen LogP contribution >= 0.6 is 0 Å². The van der Waals surface area contributed by atoms with Crippen LogP contribution in [0, 0.1) is 6.92 Å². The van der Waals surface area contributed by atoms with Crippen LogP contribution in [0.3, 0.4) is 0 Å². The monoisotopic (exact) mass is 264 g/mol. The van der Waals surface area contributed by atoms with E-state index in [2.05, 4.69) is 10.6 Å². The number of hydrogen-bond donors (Lipinski definition) is 2. The predicted octanol–water partition coefficient (Wildman–Crippen LogP) is 1.88. The van der Waals surface area contributed by atoms with E-state index in [4.69, 9.17) is 9.47 Å². The van der Waals surface area contributed by atoms with Gasteiger partial charge in [-0.1, -0.05) is 24.3 Å². The number of hydrogen-bond acceptors (Lipinski definition) is 3. The molecule has 1 aromatic rings. The van der Waals surface area contributed by atoms with E-state index in [1.165, 1.54) is 14.2 Å². The van der Waals surface area contributed by atoms with Gasteiger partial charge in [0.25, 0.3) is 0 Å². The van der Waals surface area contributed by atoms with Gasteiger partial charge in [0.2, 0.25) is 0 Å². The van der Waals surface area contributed by atoms with Gasteiger partial charge >= 0.3 is 6.03 Å². The smallest absolute Gasteiger partial charge is 0.318 e. The van der Waals surface area contributed by atoms with E-state index < -0.39 is 6.29 Å². The molecule has 0 atom stereocenters. The maximum Gasteiger partial charge on any atom is 0.318 e. The molecule has 0 aliphatic rings. The van der Waals surface area contributed by atoms with Crippen LogP contribution in [0.1, 0.15) is 11.1 Å². The van der Waals surface area contributed by atoms with Crippen molar-refractivity contribution < 1.29 is 14.3 Å². The zero-order valence-electron chi connectivity index (χ0n) is 11.5. The van der Waals surface area contributed by atoms with Gasteiger partial charge < -0.3 is 20.1 Å². The van der Waals surface area contributed by atoms with Crippen LogP contribution in [0.2, 0.25) is 0 Å². The number of amides is 2. The first-order valence-electron chi connectivity index (χ1n) is 5.99. The second kappa shape index (κ2) is 8.29. The fourth-order valence-corrected chi connectivity index (χ4v) is 1.47. The molecule has 5 heteroatoms. The summed E-state index contributed by atoms with van der Waals surface area (Å²) in [7, 11) is 3.04. The van der Waals surface area contributed by atoms with Gasteiger partial charge in [0.1, 0.15) is 0 Å². The molecule has 0 aliphatic carbocycles. The first kappa shape index (κ1) is 15.2. The first-order chi connectivity index (χ1) is 9.17. The molecule has 1 rings (SSSR count). The Labute approximate surface area is 113 Å². The zero-order valence-corrected chi connectivity index (χ0v) is 11.5. The van der Waals surface area contributed by atoms with Gasteiger partial charge in [-0.05, 0) is 24.1 Å². The first-order valence-corrected chi connectivity index (χ1v) is 5.99. The average Bonchev–Trinajstić information content (AvgIpc) is 2.42. The molecule has 0 aromatic heterocycles. The highest BCUT2D eigenvalue weighted by atomic mass is 16.7. The number of carbonyl (C=O) groups excluding carboxylic acids is 1. The Morgan fingerprint density at radius 3 is 2.63 bits per heavy atom. The van der Waals surface area contributed by atoms with Crippen molar-refractivity contribution in [1.82, 2.24) is 10.6 Å². The second-order valence-corrected chi connectivity index (χ2v) is 3.95. The van der Waals surface area contributed by atoms with Crippen molar-refractivity contribution in [3.63, 3.8) is 0 Å². The van der Waals surface area contributed by atoms with Gasteiger partial charge in [0.15, 0.2) is 6.29 Å². The number of benzene rings is 1. The lowest BCUT2D eigenvalue weighted by atomic mass is 10.1. The van der Waals surface area contributed by atoms with E-state index in [9.17, 15) is 4.79 Å². The lowest BCUT2D eigenvalue weighted by molar-refractivity contribution is -0.0971. The number of methoxy groups -OCH3 is 2. The van der Waals surface area contributed by atoms with Crippen molar-refractivity contribution in [2.75, 3.05) is 20.8 Å². The van der Waals surface area contributed by atoms with Crippen molar-refractivity contribution in [2.45, 2.75) is 13.2 Å². The summed E-state index contributed by atoms with van der Waals surface area (Å²) < 4.78 is 9.91. The van der Waals surface area contributed by atoms with Crippen molar-refractivity contribution in [3.8, 4) is 0 Å². The predicted molar refractivity (Wildman–Crippen MR) is 74.6 cm³/mol. The third kappa shape index (κ3) is 5.54. The molecule has 0 saturated carbocycles. The summed E-state index contributed by atoms with van der Waals surface area (Å²) in [5.74, 6) is 0. The molecule has 2 amide bonds. The molecular formula is C14H20N2O3. The SMILES string of the molecule is COC(CNC(=O)N/C=C/c1ccccc1C)OC. The van der Waals surface area contributed by atoms with Crippen molar-refractivity contribution in [3.05, 3.63) is 41.6 Å². The molecule has 2 N–H and O–H groups in total. The van der Waals surface area contributed by atoms with Crippen LogP contribution in [0.4, 0.5) is 4.79 Å². The Morgan fingerprint density at radius 2 is 2.00 bits per heavy atom. The summed E-state index contributed by atoms with van der Waals surface area (Å²) >= 11 is 0. The zero-order chi connectivity index (χ0) is 14.1. The molecular weight excluding hydrogens is 244 g/mol. The van der Waals surface area contributed by atoms with Crippen LogP contribution in [0.25, 0.3) is 6.08 Å². The number of ether oxygens (including phenoxy) is 2. The third-order valence-electron chi connectivity index (χ3n) is 2.62. The van der Waals surface area contributed by atoms with Gasteiger partial charge in [0, 0.05) is 20.4 Å². The minimum absolute atomic E-state index is 0.289. The second-order valence-electron chi connectivity index (χ2n) is 3.95. The largest absolute Gasteiger partial charge is 0.354 e. The highest BCUT2D eigenvalue weighted by molar-refractivity contribution is 5.76. The van der Waals surface area contributed by atoms with Crippen LogP contribution in [0.15, 0.2) is 30.5 Å². The fourth-order valence-electron chi connectivity index (χ4n) is 1.47. The van der Waals surface area contributed by atoms with Gasteiger partial charge in [-0.2, -0.15) is 0 Å². The summed E-state index contributed by atoms with van der Waals surface area (Å²) in [4.78, 5) is 11.5. The molecule has 0 saturated heterocycles. The highest BCUT2D eigenvalue weighted by Gasteiger charge is 2.06. The number of nitrogens with one attached hydrogen (secondary N) is 2. The maximum absolute atomic E-state index is 11.5. The molecule has 0 unspecified atom stereocenters. The third-order valence-corrected chi connectivity index (χ3v) is 2.62. The molecule has 0 heterocycles. The van der Waals surface area contributed by atoms with E-state index in [0.717, 1.165) is 11.1 Å². The van der Waals surface area contributed by atoms with Crippen LogP contribution in [-0.4, -0.2) is 33.1 Å². The van der Waals surface area contributed by atoms with Crippen LogP contribution in [-0.2, 0) is 9.47 Å². The number of aryl methyl sites for hydroxylation is 1. The van der Waals surface area contributed by atoms with Crippen molar-refractivity contribution >= 4 is 12.1 Å². The molecule has 1 aromatic carbocycles. The fraction of sp³-hybridized carbons (Fsp3) is 0.357. The summed E-state index contributed by atoms with van der Waals surface area (Å²) in [6.07, 6.45) is 3.01. The Balaban J connectivity index is 2.36. The minimum atomic E-state index is -0.439. The highest BCUT2D eigenvalue weighted by Crippen LogP contribution is 2.07. The van der Waals surface area contributed by atoms with E-state index in [1.807, 2.05) is 37.3 Å². The van der Waals surface area contributed by atoms with Gasteiger partial charge in [-0.15, -0.1) is 0 Å². The maximum atomic E-state index is 11.5. The normalized spacial score (nSPS) is 10.9. The molecule has 0 radical (unpaired) electrons. The van der Waals surface area contributed by atoms with Crippen LogP contribution < -0.4 is 10.6 Å². The molecule has 19 heavy (non-hydrogen) atoms. The number of urea groups is 1. The van der Waals surface area contributed by atoms with Gasteiger partial charge in [-0.3, -0.25) is 0 Å². The van der Waals surface area contributed by atoms with E-state index in [0.29, 0.717) is 0 Å². The molecule has 0 fully saturated rings. The Bertz CT molecular complexity index is 428. The quantitative estimate of drug-likeness (QED) is 0.771. The molecule has 5 nitrogen and oxygen atoms in total. The molecule has 0 spiro atoms. The summed E-state index contributed by atoms with van der Waals surface area (Å²) in [5.41, 5.74) is 2.22. The topological polar surface area (TPSA) is 59.6 Å². The molecule has 0 aliphatic heterocycles. The summed E-state index contributed by atoms with van der Waals surface area (Å²) in [6, 6.07) is 7.62. The van der Waals surface area contributed by atoms with E-state index >= 15 is 0 Å². The average molecular weight is 264 g/mol.